The van der Waals surface area contributed by atoms with Gasteiger partial charge in [0.05, 0.1) is 10.6 Å². The molecule has 22 heavy (non-hydrogen) atoms. The second-order valence-electron chi connectivity index (χ2n) is 4.46. The van der Waals surface area contributed by atoms with Crippen LogP contribution in [0.1, 0.15) is 0 Å². The van der Waals surface area contributed by atoms with Crippen LogP contribution in [0, 0.1) is 5.13 Å². The topological polar surface area (TPSA) is 57.8 Å². The van der Waals surface area contributed by atoms with Gasteiger partial charge in [0.1, 0.15) is 5.88 Å². The Labute approximate surface area is 135 Å². The van der Waals surface area contributed by atoms with Gasteiger partial charge in [-0.05, 0) is 12.1 Å². The summed E-state index contributed by atoms with van der Waals surface area (Å²) in [4.78, 5) is 19.7. The molecule has 3 rings (SSSR count). The molecule has 0 fully saturated rings. The van der Waals surface area contributed by atoms with Gasteiger partial charge in [-0.15, -0.1) is 22.9 Å². The minimum Gasteiger partial charge on any atom is -0.335 e. The smallest absolute Gasteiger partial charge is 0.240 e. The number of imidazole rings is 1. The first-order valence-corrected chi connectivity index (χ1v) is 7.79. The molecule has 0 saturated carbocycles. The molecule has 7 heteroatoms. The van der Waals surface area contributed by atoms with Crippen molar-refractivity contribution in [3.8, 4) is 22.0 Å². The summed E-state index contributed by atoms with van der Waals surface area (Å²) >= 11 is 6.51. The SMILES string of the molecule is O=C(CCl)Nc1nc(-c2ccc(F)s2)[nH]c1-c1ccccc1. The summed E-state index contributed by atoms with van der Waals surface area (Å²) in [5, 5.41) is 2.36. The summed E-state index contributed by atoms with van der Waals surface area (Å²) in [7, 11) is 0. The number of carbonyl (C=O) groups excluding carboxylic acids is 1. The van der Waals surface area contributed by atoms with E-state index in [-0.39, 0.29) is 16.9 Å². The van der Waals surface area contributed by atoms with Gasteiger partial charge >= 0.3 is 0 Å². The lowest BCUT2D eigenvalue weighted by Crippen LogP contribution is -2.13. The fourth-order valence-electron chi connectivity index (χ4n) is 2.00. The van der Waals surface area contributed by atoms with Crippen LogP contribution in [0.4, 0.5) is 10.2 Å². The molecule has 4 nitrogen and oxygen atoms in total. The van der Waals surface area contributed by atoms with Gasteiger partial charge in [0.25, 0.3) is 0 Å². The number of nitrogens with one attached hydrogen (secondary N) is 2. The minimum absolute atomic E-state index is 0.163. The lowest BCUT2D eigenvalue weighted by molar-refractivity contribution is -0.113. The molecule has 0 unspecified atom stereocenters. The van der Waals surface area contributed by atoms with Crippen LogP contribution in [0.3, 0.4) is 0 Å². The highest BCUT2D eigenvalue weighted by Gasteiger charge is 2.16. The maximum absolute atomic E-state index is 13.2. The van der Waals surface area contributed by atoms with Crippen LogP contribution in [0.5, 0.6) is 0 Å². The first kappa shape index (κ1) is 14.7. The highest BCUT2D eigenvalue weighted by molar-refractivity contribution is 7.13. The van der Waals surface area contributed by atoms with Crippen LogP contribution in [0.2, 0.25) is 0 Å². The number of hydrogen-bond donors (Lipinski definition) is 2. The number of amides is 1. The van der Waals surface area contributed by atoms with Gasteiger partial charge in [0.2, 0.25) is 5.91 Å². The van der Waals surface area contributed by atoms with Crippen molar-refractivity contribution in [1.29, 1.82) is 0 Å². The molecule has 0 spiro atoms. The van der Waals surface area contributed by atoms with Crippen molar-refractivity contribution >= 4 is 34.7 Å². The van der Waals surface area contributed by atoms with E-state index < -0.39 is 0 Å². The van der Waals surface area contributed by atoms with Crippen LogP contribution in [-0.2, 0) is 4.79 Å². The Morgan fingerprint density at radius 2 is 2.05 bits per heavy atom. The quantitative estimate of drug-likeness (QED) is 0.704. The number of halogens is 2. The molecule has 1 aromatic carbocycles. The summed E-state index contributed by atoms with van der Waals surface area (Å²) < 4.78 is 13.2. The van der Waals surface area contributed by atoms with E-state index in [1.54, 1.807) is 6.07 Å². The van der Waals surface area contributed by atoms with Crippen LogP contribution < -0.4 is 5.32 Å². The first-order chi connectivity index (χ1) is 10.7. The number of anilines is 1. The van der Waals surface area contributed by atoms with Gasteiger partial charge in [-0.3, -0.25) is 4.79 Å². The summed E-state index contributed by atoms with van der Waals surface area (Å²) in [6.45, 7) is 0. The van der Waals surface area contributed by atoms with Crippen molar-refractivity contribution in [3.05, 3.63) is 47.6 Å². The van der Waals surface area contributed by atoms with Gasteiger partial charge in [0.15, 0.2) is 16.8 Å². The van der Waals surface area contributed by atoms with Gasteiger partial charge in [-0.25, -0.2) is 4.98 Å². The molecular formula is C15H11ClFN3OS. The molecule has 0 atom stereocenters. The normalized spacial score (nSPS) is 10.6. The van der Waals surface area contributed by atoms with Crippen molar-refractivity contribution in [3.63, 3.8) is 0 Å². The van der Waals surface area contributed by atoms with Crippen molar-refractivity contribution in [2.75, 3.05) is 11.2 Å². The van der Waals surface area contributed by atoms with E-state index >= 15 is 0 Å². The Balaban J connectivity index is 2.06. The van der Waals surface area contributed by atoms with E-state index in [0.29, 0.717) is 22.2 Å². The number of rotatable bonds is 4. The molecule has 1 amide bonds. The number of aromatic amines is 1. The zero-order valence-electron chi connectivity index (χ0n) is 11.3. The molecule has 0 bridgehead atoms. The van der Waals surface area contributed by atoms with E-state index in [9.17, 15) is 9.18 Å². The lowest BCUT2D eigenvalue weighted by atomic mass is 10.1. The average molecular weight is 336 g/mol. The van der Waals surface area contributed by atoms with Crippen LogP contribution in [0.25, 0.3) is 22.0 Å². The van der Waals surface area contributed by atoms with E-state index in [0.717, 1.165) is 16.9 Å². The number of H-pyrrole nitrogens is 1. The van der Waals surface area contributed by atoms with E-state index in [2.05, 4.69) is 15.3 Å². The van der Waals surface area contributed by atoms with E-state index in [1.165, 1.54) is 6.07 Å². The molecular weight excluding hydrogens is 325 g/mol. The van der Waals surface area contributed by atoms with Crippen molar-refractivity contribution in [1.82, 2.24) is 9.97 Å². The van der Waals surface area contributed by atoms with Crippen LogP contribution in [-0.4, -0.2) is 21.8 Å². The molecule has 3 aromatic rings. The van der Waals surface area contributed by atoms with Crippen molar-refractivity contribution < 1.29 is 9.18 Å². The summed E-state index contributed by atoms with van der Waals surface area (Å²) in [5.41, 5.74) is 1.52. The van der Waals surface area contributed by atoms with Crippen molar-refractivity contribution in [2.24, 2.45) is 0 Å². The molecule has 2 aromatic heterocycles. The Hall–Kier alpha value is -2.18. The third-order valence-corrected chi connectivity index (χ3v) is 4.08. The molecule has 0 aliphatic heterocycles. The van der Waals surface area contributed by atoms with Crippen LogP contribution in [0.15, 0.2) is 42.5 Å². The molecule has 0 aliphatic carbocycles. The maximum atomic E-state index is 13.2. The third kappa shape index (κ3) is 3.03. The summed E-state index contributed by atoms with van der Waals surface area (Å²) in [5.74, 6) is 0.358. The van der Waals surface area contributed by atoms with E-state index in [4.69, 9.17) is 11.6 Å². The minimum atomic E-state index is -0.353. The first-order valence-electron chi connectivity index (χ1n) is 6.44. The number of nitrogens with zero attached hydrogens (tertiary/aromatic N) is 1. The predicted molar refractivity (Wildman–Crippen MR) is 86.6 cm³/mol. The average Bonchev–Trinajstić information content (AvgIpc) is 3.14. The zero-order chi connectivity index (χ0) is 15.5. The van der Waals surface area contributed by atoms with E-state index in [1.807, 2.05) is 30.3 Å². The second-order valence-corrected chi connectivity index (χ2v) is 5.76. The zero-order valence-corrected chi connectivity index (χ0v) is 12.8. The van der Waals surface area contributed by atoms with Gasteiger partial charge in [-0.2, -0.15) is 4.39 Å². The monoisotopic (exact) mass is 335 g/mol. The highest BCUT2D eigenvalue weighted by Crippen LogP contribution is 2.32. The highest BCUT2D eigenvalue weighted by atomic mass is 35.5. The van der Waals surface area contributed by atoms with Crippen LogP contribution >= 0.6 is 22.9 Å². The Morgan fingerprint density at radius 1 is 1.27 bits per heavy atom. The molecule has 0 saturated heterocycles. The molecule has 0 aliphatic rings. The fourth-order valence-corrected chi connectivity index (χ4v) is 2.74. The molecule has 0 radical (unpaired) electrons. The summed E-state index contributed by atoms with van der Waals surface area (Å²) in [6, 6.07) is 12.5. The fraction of sp³-hybridized carbons (Fsp3) is 0.0667. The predicted octanol–water partition coefficient (Wildman–Crippen LogP) is 4.12. The molecule has 2 N–H and O–H groups in total. The maximum Gasteiger partial charge on any atom is 0.240 e. The summed E-state index contributed by atoms with van der Waals surface area (Å²) in [6.07, 6.45) is 0. The third-order valence-electron chi connectivity index (χ3n) is 2.95. The van der Waals surface area contributed by atoms with Gasteiger partial charge in [-0.1, -0.05) is 30.3 Å². The Morgan fingerprint density at radius 3 is 2.68 bits per heavy atom. The second kappa shape index (κ2) is 6.29. The van der Waals surface area contributed by atoms with Gasteiger partial charge in [0, 0.05) is 5.56 Å². The van der Waals surface area contributed by atoms with Crippen molar-refractivity contribution in [2.45, 2.75) is 0 Å². The van der Waals surface area contributed by atoms with Gasteiger partial charge < -0.3 is 10.3 Å². The molecule has 112 valence electrons. The number of aromatic nitrogens is 2. The number of thiophene rings is 1. The largest absolute Gasteiger partial charge is 0.335 e. The standard InChI is InChI=1S/C15H11ClFN3OS/c16-8-12(21)18-15-13(9-4-2-1-3-5-9)19-14(20-15)10-6-7-11(17)22-10/h1-7H,8H2,(H,18,21)(H,19,20). The number of hydrogen-bond acceptors (Lipinski definition) is 3. The number of carbonyl (C=O) groups is 1. The number of benzene rings is 1. The number of alkyl halides is 1. The molecule has 2 heterocycles. The Bertz CT molecular complexity index is 800. The lowest BCUT2D eigenvalue weighted by Gasteiger charge is -2.03. The Kier molecular flexibility index (Phi) is 4.22.